The molecule has 0 fully saturated rings. The molecule has 7 heteroatoms. The predicted molar refractivity (Wildman–Crippen MR) is 119 cm³/mol. The normalized spacial score (nSPS) is 10.9. The van der Waals surface area contributed by atoms with E-state index >= 15 is 0 Å². The van der Waals surface area contributed by atoms with Gasteiger partial charge < -0.3 is 20.5 Å². The van der Waals surface area contributed by atoms with Gasteiger partial charge in [-0.3, -0.25) is 0 Å². The Morgan fingerprint density at radius 1 is 1.11 bits per heavy atom. The Bertz CT molecular complexity index is 744. The molecule has 0 atom stereocenters. The number of esters is 1. The molecule has 146 valence electrons. The minimum absolute atomic E-state index is 0. The average molecular weight is 483 g/mol. The first kappa shape index (κ1) is 22.8. The topological polar surface area (TPSA) is 85.9 Å². The molecule has 0 aliphatic heterocycles. The van der Waals surface area contributed by atoms with Gasteiger partial charge in [0, 0.05) is 5.69 Å². The quantitative estimate of drug-likeness (QED) is 0.267. The Kier molecular flexibility index (Phi) is 9.63. The van der Waals surface area contributed by atoms with Crippen LogP contribution in [0.25, 0.3) is 0 Å². The van der Waals surface area contributed by atoms with Gasteiger partial charge in [-0.1, -0.05) is 12.1 Å². The number of halogens is 1. The summed E-state index contributed by atoms with van der Waals surface area (Å²) in [5, 5.41) is 3.04. The van der Waals surface area contributed by atoms with Crippen LogP contribution < -0.4 is 15.8 Å². The van der Waals surface area contributed by atoms with Crippen molar-refractivity contribution in [2.75, 3.05) is 11.9 Å². The van der Waals surface area contributed by atoms with Gasteiger partial charge >= 0.3 is 5.97 Å². The molecule has 0 aliphatic carbocycles. The summed E-state index contributed by atoms with van der Waals surface area (Å²) in [6, 6.07) is 14.6. The van der Waals surface area contributed by atoms with Gasteiger partial charge in [-0.25, -0.2) is 9.79 Å². The summed E-state index contributed by atoms with van der Waals surface area (Å²) in [5.74, 6) is 0.799. The SMILES string of the molecule is CCOC(=O)c1ccc(CN=C(N)Nc2ccc(OC(C)C)cc2)cc1.I. The van der Waals surface area contributed by atoms with Gasteiger partial charge in [0.05, 0.1) is 24.8 Å². The van der Waals surface area contributed by atoms with Crippen molar-refractivity contribution in [3.8, 4) is 5.75 Å². The Balaban J connectivity index is 0.00000364. The summed E-state index contributed by atoms with van der Waals surface area (Å²) >= 11 is 0. The highest BCUT2D eigenvalue weighted by Crippen LogP contribution is 2.16. The van der Waals surface area contributed by atoms with Crippen molar-refractivity contribution in [1.29, 1.82) is 0 Å². The van der Waals surface area contributed by atoms with E-state index in [9.17, 15) is 4.79 Å². The first-order chi connectivity index (χ1) is 12.5. The molecule has 2 aromatic carbocycles. The first-order valence-corrected chi connectivity index (χ1v) is 8.57. The molecule has 27 heavy (non-hydrogen) atoms. The van der Waals surface area contributed by atoms with E-state index in [0.29, 0.717) is 24.7 Å². The Labute approximate surface area is 177 Å². The number of carbonyl (C=O) groups is 1. The molecule has 0 heterocycles. The van der Waals surface area contributed by atoms with Crippen LogP contribution in [0.5, 0.6) is 5.75 Å². The number of hydrogen-bond acceptors (Lipinski definition) is 4. The van der Waals surface area contributed by atoms with Gasteiger partial charge in [0.1, 0.15) is 5.75 Å². The second-order valence-corrected chi connectivity index (χ2v) is 5.93. The standard InChI is InChI=1S/C20H25N3O3.HI/c1-4-25-19(24)16-7-5-15(6-8-16)13-22-20(21)23-17-9-11-18(12-10-17)26-14(2)3;/h5-12,14H,4,13H2,1-3H3,(H3,21,22,23);1H. The third-order valence-electron chi connectivity index (χ3n) is 3.40. The summed E-state index contributed by atoms with van der Waals surface area (Å²) in [7, 11) is 0. The maximum absolute atomic E-state index is 11.6. The molecule has 0 saturated carbocycles. The lowest BCUT2D eigenvalue weighted by molar-refractivity contribution is 0.0526. The molecule has 2 aromatic rings. The molecule has 0 aromatic heterocycles. The molecule has 0 unspecified atom stereocenters. The number of hydrogen-bond donors (Lipinski definition) is 2. The largest absolute Gasteiger partial charge is 0.491 e. The minimum atomic E-state index is -0.325. The Hall–Kier alpha value is -2.29. The third-order valence-corrected chi connectivity index (χ3v) is 3.40. The first-order valence-electron chi connectivity index (χ1n) is 8.57. The number of guanidine groups is 1. The molecule has 3 N–H and O–H groups in total. The number of carbonyl (C=O) groups excluding carboxylic acids is 1. The molecule has 2 rings (SSSR count). The summed E-state index contributed by atoms with van der Waals surface area (Å²) in [6.45, 7) is 6.52. The maximum Gasteiger partial charge on any atom is 0.338 e. The van der Waals surface area contributed by atoms with E-state index in [1.807, 2.05) is 50.2 Å². The monoisotopic (exact) mass is 483 g/mol. The Morgan fingerprint density at radius 2 is 1.74 bits per heavy atom. The van der Waals surface area contributed by atoms with E-state index in [1.54, 1.807) is 19.1 Å². The van der Waals surface area contributed by atoms with Gasteiger partial charge in [-0.05, 0) is 62.7 Å². The predicted octanol–water partition coefficient (Wildman–Crippen LogP) is 4.20. The van der Waals surface area contributed by atoms with Crippen molar-refractivity contribution < 1.29 is 14.3 Å². The van der Waals surface area contributed by atoms with Crippen molar-refractivity contribution >= 4 is 41.6 Å². The van der Waals surface area contributed by atoms with Gasteiger partial charge in [-0.2, -0.15) is 0 Å². The molecule has 0 spiro atoms. The van der Waals surface area contributed by atoms with E-state index in [-0.39, 0.29) is 36.0 Å². The smallest absolute Gasteiger partial charge is 0.338 e. The highest BCUT2D eigenvalue weighted by atomic mass is 127. The number of anilines is 1. The molecule has 0 radical (unpaired) electrons. The van der Waals surface area contributed by atoms with Crippen molar-refractivity contribution in [2.45, 2.75) is 33.4 Å². The van der Waals surface area contributed by atoms with Crippen LogP contribution >= 0.6 is 24.0 Å². The van der Waals surface area contributed by atoms with Crippen LogP contribution in [0.1, 0.15) is 36.7 Å². The molecular weight excluding hydrogens is 457 g/mol. The van der Waals surface area contributed by atoms with E-state index < -0.39 is 0 Å². The number of benzene rings is 2. The molecule has 6 nitrogen and oxygen atoms in total. The zero-order chi connectivity index (χ0) is 18.9. The lowest BCUT2D eigenvalue weighted by atomic mass is 10.1. The zero-order valence-electron chi connectivity index (χ0n) is 15.8. The Morgan fingerprint density at radius 3 is 2.30 bits per heavy atom. The highest BCUT2D eigenvalue weighted by Gasteiger charge is 2.05. The van der Waals surface area contributed by atoms with Crippen LogP contribution in [-0.2, 0) is 11.3 Å². The fraction of sp³-hybridized carbons (Fsp3) is 0.300. The second-order valence-electron chi connectivity index (χ2n) is 5.93. The summed E-state index contributed by atoms with van der Waals surface area (Å²) in [4.78, 5) is 15.9. The van der Waals surface area contributed by atoms with Crippen molar-refractivity contribution in [3.05, 3.63) is 59.7 Å². The number of ether oxygens (including phenoxy) is 2. The van der Waals surface area contributed by atoms with Crippen LogP contribution in [0.2, 0.25) is 0 Å². The molecule has 0 aliphatic rings. The number of nitrogens with two attached hydrogens (primary N) is 1. The summed E-state index contributed by atoms with van der Waals surface area (Å²) < 4.78 is 10.6. The molecule has 0 bridgehead atoms. The van der Waals surface area contributed by atoms with Gasteiger partial charge in [0.25, 0.3) is 0 Å². The van der Waals surface area contributed by atoms with E-state index in [1.165, 1.54) is 0 Å². The number of nitrogens with zero attached hydrogens (tertiary/aromatic N) is 1. The third kappa shape index (κ3) is 7.86. The summed E-state index contributed by atoms with van der Waals surface area (Å²) in [5.41, 5.74) is 8.23. The lowest BCUT2D eigenvalue weighted by Crippen LogP contribution is -2.22. The fourth-order valence-electron chi connectivity index (χ4n) is 2.21. The number of aliphatic imine (C=N–C) groups is 1. The van der Waals surface area contributed by atoms with Gasteiger partial charge in [0.2, 0.25) is 0 Å². The van der Waals surface area contributed by atoms with E-state index in [2.05, 4.69) is 10.3 Å². The maximum atomic E-state index is 11.6. The summed E-state index contributed by atoms with van der Waals surface area (Å²) in [6.07, 6.45) is 0.135. The lowest BCUT2D eigenvalue weighted by Gasteiger charge is -2.11. The van der Waals surface area contributed by atoms with Crippen LogP contribution in [0.4, 0.5) is 5.69 Å². The van der Waals surface area contributed by atoms with E-state index in [0.717, 1.165) is 17.0 Å². The van der Waals surface area contributed by atoms with E-state index in [4.69, 9.17) is 15.2 Å². The minimum Gasteiger partial charge on any atom is -0.491 e. The van der Waals surface area contributed by atoms with Crippen LogP contribution in [-0.4, -0.2) is 24.6 Å². The van der Waals surface area contributed by atoms with Gasteiger partial charge in [0.15, 0.2) is 5.96 Å². The molecule has 0 amide bonds. The number of nitrogens with one attached hydrogen (secondary N) is 1. The average Bonchev–Trinajstić information content (AvgIpc) is 2.62. The van der Waals surface area contributed by atoms with Crippen molar-refractivity contribution in [2.24, 2.45) is 10.7 Å². The van der Waals surface area contributed by atoms with Crippen LogP contribution in [0.3, 0.4) is 0 Å². The highest BCUT2D eigenvalue weighted by molar-refractivity contribution is 14.0. The fourth-order valence-corrected chi connectivity index (χ4v) is 2.21. The van der Waals surface area contributed by atoms with Crippen LogP contribution in [0.15, 0.2) is 53.5 Å². The van der Waals surface area contributed by atoms with Gasteiger partial charge in [-0.15, -0.1) is 24.0 Å². The number of rotatable bonds is 7. The zero-order valence-corrected chi connectivity index (χ0v) is 18.1. The van der Waals surface area contributed by atoms with Crippen molar-refractivity contribution in [1.82, 2.24) is 0 Å². The molecular formula is C20H26IN3O3. The van der Waals surface area contributed by atoms with Crippen LogP contribution in [0, 0.1) is 0 Å². The second kappa shape index (κ2) is 11.4. The van der Waals surface area contributed by atoms with Crippen molar-refractivity contribution in [3.63, 3.8) is 0 Å². The molecule has 0 saturated heterocycles.